The standard InChI is InChI=1S/C22H24N2O6/c1-13(20(26)23-11-10-19(25)21(27)28)24-22(29)30-12-18-16-8-4-2-6-14(16)15-7-3-5-9-17(15)18/h2-9,13,18-19,25H,10-12H2,1H3,(H,23,26)(H,24,29)(H,27,28). The summed E-state index contributed by atoms with van der Waals surface area (Å²) in [5.74, 6) is -1.93. The molecule has 3 rings (SSSR count). The number of amides is 2. The summed E-state index contributed by atoms with van der Waals surface area (Å²) in [6, 6.07) is 15.1. The third-order valence-electron chi connectivity index (χ3n) is 5.07. The Morgan fingerprint density at radius 1 is 1.03 bits per heavy atom. The van der Waals surface area contributed by atoms with Crippen LogP contribution in [0.3, 0.4) is 0 Å². The number of aliphatic hydroxyl groups excluding tert-OH is 1. The quantitative estimate of drug-likeness (QED) is 0.525. The van der Waals surface area contributed by atoms with Crippen LogP contribution in [0.1, 0.15) is 30.4 Å². The zero-order chi connectivity index (χ0) is 21.7. The van der Waals surface area contributed by atoms with Gasteiger partial charge in [0.1, 0.15) is 12.6 Å². The van der Waals surface area contributed by atoms with Crippen molar-refractivity contribution >= 4 is 18.0 Å². The van der Waals surface area contributed by atoms with E-state index >= 15 is 0 Å². The van der Waals surface area contributed by atoms with E-state index in [0.29, 0.717) is 0 Å². The molecular weight excluding hydrogens is 388 g/mol. The molecule has 4 N–H and O–H groups in total. The summed E-state index contributed by atoms with van der Waals surface area (Å²) in [6.07, 6.45) is -2.39. The van der Waals surface area contributed by atoms with Crippen LogP contribution in [0.15, 0.2) is 48.5 Å². The molecule has 1 aliphatic rings. The lowest BCUT2D eigenvalue weighted by molar-refractivity contribution is -0.147. The normalized spacial score (nSPS) is 14.2. The zero-order valence-corrected chi connectivity index (χ0v) is 16.5. The number of carboxylic acid groups (broad SMARTS) is 1. The van der Waals surface area contributed by atoms with E-state index in [1.807, 2.05) is 48.5 Å². The van der Waals surface area contributed by atoms with Gasteiger partial charge in [-0.05, 0) is 29.2 Å². The summed E-state index contributed by atoms with van der Waals surface area (Å²) in [7, 11) is 0. The third-order valence-corrected chi connectivity index (χ3v) is 5.07. The number of aliphatic carboxylic acids is 1. The van der Waals surface area contributed by atoms with Crippen LogP contribution in [-0.4, -0.2) is 53.5 Å². The van der Waals surface area contributed by atoms with E-state index in [9.17, 15) is 19.5 Å². The van der Waals surface area contributed by atoms with Crippen molar-refractivity contribution in [3.05, 3.63) is 59.7 Å². The molecule has 2 unspecified atom stereocenters. The minimum atomic E-state index is -1.55. The molecule has 0 heterocycles. The number of carbonyl (C=O) groups excluding carboxylic acids is 2. The first-order valence-electron chi connectivity index (χ1n) is 9.68. The van der Waals surface area contributed by atoms with E-state index in [2.05, 4.69) is 10.6 Å². The number of carbonyl (C=O) groups is 3. The van der Waals surface area contributed by atoms with Crippen LogP contribution in [0.5, 0.6) is 0 Å². The van der Waals surface area contributed by atoms with Gasteiger partial charge in [0.2, 0.25) is 5.91 Å². The molecule has 0 radical (unpaired) electrons. The lowest BCUT2D eigenvalue weighted by Gasteiger charge is -2.17. The Hall–Kier alpha value is -3.39. The number of ether oxygens (including phenoxy) is 1. The second-order valence-corrected chi connectivity index (χ2v) is 7.13. The second-order valence-electron chi connectivity index (χ2n) is 7.13. The van der Waals surface area contributed by atoms with Gasteiger partial charge in [-0.25, -0.2) is 9.59 Å². The van der Waals surface area contributed by atoms with Crippen molar-refractivity contribution in [2.75, 3.05) is 13.2 Å². The summed E-state index contributed by atoms with van der Waals surface area (Å²) in [6.45, 7) is 1.60. The van der Waals surface area contributed by atoms with Crippen LogP contribution in [0.2, 0.25) is 0 Å². The molecule has 0 spiro atoms. The lowest BCUT2D eigenvalue weighted by atomic mass is 9.98. The van der Waals surface area contributed by atoms with Gasteiger partial charge in [-0.15, -0.1) is 0 Å². The fourth-order valence-electron chi connectivity index (χ4n) is 3.49. The number of fused-ring (bicyclic) bond motifs is 3. The topological polar surface area (TPSA) is 125 Å². The molecule has 0 aliphatic heterocycles. The first kappa shape index (κ1) is 21.3. The Labute approximate surface area is 173 Å². The molecule has 0 saturated heterocycles. The summed E-state index contributed by atoms with van der Waals surface area (Å²) in [4.78, 5) is 34.7. The molecule has 30 heavy (non-hydrogen) atoms. The molecule has 8 nitrogen and oxygen atoms in total. The van der Waals surface area contributed by atoms with Gasteiger partial charge in [-0.1, -0.05) is 48.5 Å². The largest absolute Gasteiger partial charge is 0.479 e. The first-order chi connectivity index (χ1) is 14.4. The van der Waals surface area contributed by atoms with Gasteiger partial charge in [-0.2, -0.15) is 0 Å². The molecule has 0 aromatic heterocycles. The lowest BCUT2D eigenvalue weighted by Crippen LogP contribution is -2.46. The maximum Gasteiger partial charge on any atom is 0.407 e. The summed E-state index contributed by atoms with van der Waals surface area (Å²) >= 11 is 0. The molecule has 2 amide bonds. The number of benzene rings is 2. The zero-order valence-electron chi connectivity index (χ0n) is 16.5. The third kappa shape index (κ3) is 4.77. The fraction of sp³-hybridized carbons (Fsp3) is 0.318. The number of alkyl carbamates (subject to hydrolysis) is 1. The van der Waals surface area contributed by atoms with E-state index in [1.54, 1.807) is 0 Å². The monoisotopic (exact) mass is 412 g/mol. The number of nitrogens with one attached hydrogen (secondary N) is 2. The van der Waals surface area contributed by atoms with Gasteiger partial charge in [0, 0.05) is 18.9 Å². The van der Waals surface area contributed by atoms with Crippen molar-refractivity contribution in [2.45, 2.75) is 31.4 Å². The molecule has 2 aromatic rings. The Kier molecular flexibility index (Phi) is 6.68. The van der Waals surface area contributed by atoms with Crippen LogP contribution in [-0.2, 0) is 14.3 Å². The van der Waals surface area contributed by atoms with E-state index in [4.69, 9.17) is 9.84 Å². The van der Waals surface area contributed by atoms with Gasteiger partial charge < -0.3 is 25.6 Å². The van der Waals surface area contributed by atoms with Crippen LogP contribution >= 0.6 is 0 Å². The fourth-order valence-corrected chi connectivity index (χ4v) is 3.49. The smallest absolute Gasteiger partial charge is 0.407 e. The van der Waals surface area contributed by atoms with Crippen molar-refractivity contribution in [1.29, 1.82) is 0 Å². The average Bonchev–Trinajstić information content (AvgIpc) is 3.05. The van der Waals surface area contributed by atoms with E-state index in [0.717, 1.165) is 22.3 Å². The Bertz CT molecular complexity index is 899. The second kappa shape index (κ2) is 9.41. The number of rotatable bonds is 8. The minimum absolute atomic E-state index is 0.0248. The van der Waals surface area contributed by atoms with Crippen LogP contribution in [0.25, 0.3) is 11.1 Å². The van der Waals surface area contributed by atoms with Crippen molar-refractivity contribution in [1.82, 2.24) is 10.6 Å². The molecule has 2 aromatic carbocycles. The van der Waals surface area contributed by atoms with Crippen molar-refractivity contribution in [3.63, 3.8) is 0 Å². The van der Waals surface area contributed by atoms with Crippen LogP contribution in [0, 0.1) is 0 Å². The highest BCUT2D eigenvalue weighted by molar-refractivity contribution is 5.85. The number of carboxylic acids is 1. The molecule has 1 aliphatic carbocycles. The predicted molar refractivity (Wildman–Crippen MR) is 109 cm³/mol. The minimum Gasteiger partial charge on any atom is -0.479 e. The molecule has 0 fully saturated rings. The average molecular weight is 412 g/mol. The van der Waals surface area contributed by atoms with Crippen molar-refractivity contribution in [2.24, 2.45) is 0 Å². The molecule has 2 atom stereocenters. The Morgan fingerprint density at radius 2 is 1.60 bits per heavy atom. The Balaban J connectivity index is 1.51. The summed E-state index contributed by atoms with van der Waals surface area (Å²) in [5, 5.41) is 22.7. The highest BCUT2D eigenvalue weighted by atomic mass is 16.5. The highest BCUT2D eigenvalue weighted by Crippen LogP contribution is 2.44. The van der Waals surface area contributed by atoms with Crippen LogP contribution in [0.4, 0.5) is 4.79 Å². The number of hydrogen-bond acceptors (Lipinski definition) is 5. The molecular formula is C22H24N2O6. The number of aliphatic hydroxyl groups is 1. The maximum absolute atomic E-state index is 12.2. The SMILES string of the molecule is CC(NC(=O)OCC1c2ccccc2-c2ccccc21)C(=O)NCCC(O)C(=O)O. The van der Waals surface area contributed by atoms with Crippen LogP contribution < -0.4 is 10.6 Å². The molecule has 158 valence electrons. The van der Waals surface area contributed by atoms with E-state index < -0.39 is 30.1 Å². The maximum atomic E-state index is 12.2. The molecule has 8 heteroatoms. The first-order valence-corrected chi connectivity index (χ1v) is 9.68. The Morgan fingerprint density at radius 3 is 2.17 bits per heavy atom. The summed E-state index contributed by atoms with van der Waals surface area (Å²) in [5.41, 5.74) is 4.43. The summed E-state index contributed by atoms with van der Waals surface area (Å²) < 4.78 is 5.39. The molecule has 0 bridgehead atoms. The highest BCUT2D eigenvalue weighted by Gasteiger charge is 2.29. The van der Waals surface area contributed by atoms with Gasteiger partial charge in [0.15, 0.2) is 6.10 Å². The van der Waals surface area contributed by atoms with E-state index in [-0.39, 0.29) is 25.5 Å². The van der Waals surface area contributed by atoms with E-state index in [1.165, 1.54) is 6.92 Å². The van der Waals surface area contributed by atoms with Gasteiger partial charge in [-0.3, -0.25) is 4.79 Å². The molecule has 0 saturated carbocycles. The van der Waals surface area contributed by atoms with Gasteiger partial charge >= 0.3 is 12.1 Å². The van der Waals surface area contributed by atoms with Crippen molar-refractivity contribution < 1.29 is 29.3 Å². The van der Waals surface area contributed by atoms with Crippen molar-refractivity contribution in [3.8, 4) is 11.1 Å². The number of hydrogen-bond donors (Lipinski definition) is 4. The predicted octanol–water partition coefficient (Wildman–Crippen LogP) is 1.87. The van der Waals surface area contributed by atoms with Gasteiger partial charge in [0.25, 0.3) is 0 Å². The van der Waals surface area contributed by atoms with Gasteiger partial charge in [0.05, 0.1) is 0 Å².